The second-order valence-electron chi connectivity index (χ2n) is 5.09. The Morgan fingerprint density at radius 3 is 2.67 bits per heavy atom. The van der Waals surface area contributed by atoms with Gasteiger partial charge in [-0.3, -0.25) is 4.79 Å². The lowest BCUT2D eigenvalue weighted by Crippen LogP contribution is -2.47. The van der Waals surface area contributed by atoms with Crippen molar-refractivity contribution in [3.8, 4) is 0 Å². The van der Waals surface area contributed by atoms with E-state index in [0.717, 1.165) is 0 Å². The Morgan fingerprint density at radius 2 is 2.08 bits per heavy atom. The number of carbonyl (C=O) groups is 3. The Morgan fingerprint density at radius 1 is 1.38 bits per heavy atom. The molecular formula is C16H22N2O5S. The van der Waals surface area contributed by atoms with E-state index < -0.39 is 30.5 Å². The van der Waals surface area contributed by atoms with E-state index in [0.29, 0.717) is 17.0 Å². The van der Waals surface area contributed by atoms with Gasteiger partial charge in [0.25, 0.3) is 5.91 Å². The smallest absolute Gasteiger partial charge is 0.341 e. The lowest BCUT2D eigenvalue weighted by Gasteiger charge is -2.21. The van der Waals surface area contributed by atoms with Gasteiger partial charge in [0, 0.05) is 6.20 Å². The Bertz CT molecular complexity index is 594. The number of nitrogens with one attached hydrogen (secondary N) is 1. The largest absolute Gasteiger partial charge is 0.467 e. The fraction of sp³-hybridized carbons (Fsp3) is 0.500. The lowest BCUT2D eigenvalue weighted by molar-refractivity contribution is -0.147. The van der Waals surface area contributed by atoms with Crippen molar-refractivity contribution in [3.63, 3.8) is 0 Å². The van der Waals surface area contributed by atoms with Crippen LogP contribution in [0.25, 0.3) is 0 Å². The number of rotatable bonds is 8. The number of carbonyl (C=O) groups excluding carboxylic acids is 3. The third kappa shape index (κ3) is 5.52. The Kier molecular flexibility index (Phi) is 8.25. The van der Waals surface area contributed by atoms with Crippen molar-refractivity contribution in [2.45, 2.75) is 31.3 Å². The summed E-state index contributed by atoms with van der Waals surface area (Å²) in [6.45, 7) is 3.25. The quantitative estimate of drug-likeness (QED) is 0.560. The summed E-state index contributed by atoms with van der Waals surface area (Å²) in [6.07, 6.45) is 4.05. The van der Waals surface area contributed by atoms with E-state index in [1.165, 1.54) is 18.9 Å². The number of nitrogens with zero attached hydrogens (tertiary/aromatic N) is 1. The number of ether oxygens (including phenoxy) is 2. The van der Waals surface area contributed by atoms with Gasteiger partial charge in [-0.15, -0.1) is 11.8 Å². The monoisotopic (exact) mass is 354 g/mol. The summed E-state index contributed by atoms with van der Waals surface area (Å²) >= 11 is 1.31. The lowest BCUT2D eigenvalue weighted by atomic mass is 9.99. The van der Waals surface area contributed by atoms with Gasteiger partial charge in [0.1, 0.15) is 11.1 Å². The maximum atomic E-state index is 12.0. The fourth-order valence-electron chi connectivity index (χ4n) is 1.93. The Hall–Kier alpha value is -2.09. The topological polar surface area (TPSA) is 94.6 Å². The molecule has 0 unspecified atom stereocenters. The SMILES string of the molecule is CC[C@H](C)[C@@H](NC(=O)COC(=O)c1cccnc1SC)C(=O)OC. The number of aromatic nitrogens is 1. The van der Waals surface area contributed by atoms with Crippen LogP contribution in [-0.2, 0) is 19.1 Å². The summed E-state index contributed by atoms with van der Waals surface area (Å²) in [6, 6.07) is 2.42. The van der Waals surface area contributed by atoms with Crippen LogP contribution in [0.3, 0.4) is 0 Å². The summed E-state index contributed by atoms with van der Waals surface area (Å²) in [4.78, 5) is 39.8. The van der Waals surface area contributed by atoms with Crippen LogP contribution in [0.2, 0.25) is 0 Å². The average molecular weight is 354 g/mol. The molecule has 2 atom stereocenters. The molecule has 0 aliphatic carbocycles. The van der Waals surface area contributed by atoms with Gasteiger partial charge in [-0.2, -0.15) is 0 Å². The van der Waals surface area contributed by atoms with Gasteiger partial charge >= 0.3 is 11.9 Å². The summed E-state index contributed by atoms with van der Waals surface area (Å²) in [7, 11) is 1.26. The third-order valence-electron chi connectivity index (χ3n) is 3.50. The van der Waals surface area contributed by atoms with Crippen LogP contribution < -0.4 is 5.32 Å². The van der Waals surface area contributed by atoms with Crippen LogP contribution in [0.1, 0.15) is 30.6 Å². The average Bonchev–Trinajstić information content (AvgIpc) is 2.62. The first-order valence-corrected chi connectivity index (χ1v) is 8.70. The molecule has 1 heterocycles. The van der Waals surface area contributed by atoms with Gasteiger partial charge in [0.2, 0.25) is 0 Å². The summed E-state index contributed by atoms with van der Waals surface area (Å²) in [5.41, 5.74) is 0.296. The first-order chi connectivity index (χ1) is 11.4. The van der Waals surface area contributed by atoms with E-state index >= 15 is 0 Å². The van der Waals surface area contributed by atoms with Crippen molar-refractivity contribution < 1.29 is 23.9 Å². The van der Waals surface area contributed by atoms with E-state index in [1.54, 1.807) is 24.6 Å². The Balaban J connectivity index is 2.64. The van der Waals surface area contributed by atoms with Gasteiger partial charge < -0.3 is 14.8 Å². The zero-order valence-corrected chi connectivity index (χ0v) is 15.0. The predicted molar refractivity (Wildman–Crippen MR) is 89.7 cm³/mol. The van der Waals surface area contributed by atoms with Crippen LogP contribution in [0.4, 0.5) is 0 Å². The number of thioether (sulfide) groups is 1. The molecule has 0 spiro atoms. The minimum Gasteiger partial charge on any atom is -0.467 e. The molecule has 7 nitrogen and oxygen atoms in total. The number of hydrogen-bond donors (Lipinski definition) is 1. The second-order valence-corrected chi connectivity index (χ2v) is 5.89. The van der Waals surface area contributed by atoms with Crippen LogP contribution in [0.15, 0.2) is 23.4 Å². The van der Waals surface area contributed by atoms with Crippen molar-refractivity contribution in [1.29, 1.82) is 0 Å². The normalized spacial score (nSPS) is 12.8. The van der Waals surface area contributed by atoms with Crippen LogP contribution in [0, 0.1) is 5.92 Å². The molecule has 0 radical (unpaired) electrons. The predicted octanol–water partition coefficient (Wildman–Crippen LogP) is 1.66. The Labute approximate surface area is 145 Å². The maximum Gasteiger partial charge on any atom is 0.341 e. The summed E-state index contributed by atoms with van der Waals surface area (Å²) in [5, 5.41) is 3.07. The van der Waals surface area contributed by atoms with Gasteiger partial charge in [-0.1, -0.05) is 20.3 Å². The molecule has 0 aromatic carbocycles. The second kappa shape index (κ2) is 9.92. The zero-order chi connectivity index (χ0) is 18.1. The first-order valence-electron chi connectivity index (χ1n) is 7.47. The van der Waals surface area contributed by atoms with E-state index in [2.05, 4.69) is 15.0 Å². The summed E-state index contributed by atoms with van der Waals surface area (Å²) < 4.78 is 9.69. The van der Waals surface area contributed by atoms with E-state index in [1.807, 2.05) is 13.8 Å². The number of amides is 1. The van der Waals surface area contributed by atoms with Crippen LogP contribution >= 0.6 is 11.8 Å². The highest BCUT2D eigenvalue weighted by Crippen LogP contribution is 2.17. The van der Waals surface area contributed by atoms with Gasteiger partial charge in [0.05, 0.1) is 12.7 Å². The molecule has 1 rings (SSSR count). The van der Waals surface area contributed by atoms with Crippen molar-refractivity contribution >= 4 is 29.6 Å². The zero-order valence-electron chi connectivity index (χ0n) is 14.2. The van der Waals surface area contributed by atoms with Crippen molar-refractivity contribution in [1.82, 2.24) is 10.3 Å². The number of hydrogen-bond acceptors (Lipinski definition) is 7. The molecule has 132 valence electrons. The molecule has 1 aromatic rings. The molecule has 1 aromatic heterocycles. The molecule has 0 aliphatic rings. The van der Waals surface area contributed by atoms with E-state index in [9.17, 15) is 14.4 Å². The standard InChI is InChI=1S/C16H22N2O5S/c1-5-10(2)13(16(21)22-3)18-12(19)9-23-15(20)11-7-6-8-17-14(11)24-4/h6-8,10,13H,5,9H2,1-4H3,(H,18,19)/t10-,13+/m0/s1. The van der Waals surface area contributed by atoms with Crippen LogP contribution in [-0.4, -0.2) is 48.8 Å². The fourth-order valence-corrected chi connectivity index (χ4v) is 2.47. The number of pyridine rings is 1. The molecule has 8 heteroatoms. The molecule has 1 N–H and O–H groups in total. The third-order valence-corrected chi connectivity index (χ3v) is 4.22. The molecule has 0 bridgehead atoms. The first kappa shape index (κ1) is 20.0. The number of methoxy groups -OCH3 is 1. The molecule has 0 saturated carbocycles. The summed E-state index contributed by atoms with van der Waals surface area (Å²) in [5.74, 6) is -1.83. The van der Waals surface area contributed by atoms with E-state index in [4.69, 9.17) is 4.74 Å². The van der Waals surface area contributed by atoms with Gasteiger partial charge in [-0.25, -0.2) is 14.6 Å². The molecule has 1 amide bonds. The van der Waals surface area contributed by atoms with Crippen molar-refractivity contribution in [2.75, 3.05) is 20.0 Å². The highest BCUT2D eigenvalue weighted by Gasteiger charge is 2.27. The molecule has 24 heavy (non-hydrogen) atoms. The van der Waals surface area contributed by atoms with Crippen LogP contribution in [0.5, 0.6) is 0 Å². The van der Waals surface area contributed by atoms with Gasteiger partial charge in [0.15, 0.2) is 6.61 Å². The minimum absolute atomic E-state index is 0.0986. The number of esters is 2. The molecular weight excluding hydrogens is 332 g/mol. The van der Waals surface area contributed by atoms with E-state index in [-0.39, 0.29) is 5.92 Å². The van der Waals surface area contributed by atoms with Gasteiger partial charge in [-0.05, 0) is 24.3 Å². The molecule has 0 saturated heterocycles. The molecule has 0 fully saturated rings. The highest BCUT2D eigenvalue weighted by molar-refractivity contribution is 7.98. The van der Waals surface area contributed by atoms with Crippen molar-refractivity contribution in [2.24, 2.45) is 5.92 Å². The minimum atomic E-state index is -0.772. The molecule has 0 aliphatic heterocycles. The maximum absolute atomic E-state index is 12.0. The van der Waals surface area contributed by atoms with Crippen molar-refractivity contribution in [3.05, 3.63) is 23.9 Å². The highest BCUT2D eigenvalue weighted by atomic mass is 32.2.